The molecule has 0 rings (SSSR count). The van der Waals surface area contributed by atoms with Gasteiger partial charge in [-0.25, -0.2) is 0 Å². The first-order chi connectivity index (χ1) is 10.6. The summed E-state index contributed by atoms with van der Waals surface area (Å²) in [6, 6.07) is 0. The molecule has 0 aliphatic heterocycles. The monoisotopic (exact) mass is 328 g/mol. The summed E-state index contributed by atoms with van der Waals surface area (Å²) < 4.78 is 5.32. The number of carbonyl (C=O) groups is 2. The van der Waals surface area contributed by atoms with Crippen LogP contribution in [0.3, 0.4) is 0 Å². The van der Waals surface area contributed by atoms with Crippen LogP contribution >= 0.6 is 0 Å². The van der Waals surface area contributed by atoms with Crippen LogP contribution in [0.1, 0.15) is 60.3 Å². The molecule has 0 aliphatic carbocycles. The molecular formula is C18H32O5. The number of hydrogen-bond acceptors (Lipinski definition) is 5. The second kappa shape index (κ2) is 9.83. The summed E-state index contributed by atoms with van der Waals surface area (Å²) in [6.07, 6.45) is -0.180. The highest BCUT2D eigenvalue weighted by molar-refractivity contribution is 5.81. The minimum atomic E-state index is -0.975. The molecule has 0 aliphatic rings. The van der Waals surface area contributed by atoms with Gasteiger partial charge >= 0.3 is 5.97 Å². The fourth-order valence-corrected chi connectivity index (χ4v) is 2.30. The molecule has 0 saturated carbocycles. The Morgan fingerprint density at radius 1 is 1.30 bits per heavy atom. The van der Waals surface area contributed by atoms with E-state index in [1.807, 2.05) is 13.8 Å². The van der Waals surface area contributed by atoms with Gasteiger partial charge in [0.15, 0.2) is 0 Å². The number of aliphatic hydroxyl groups is 2. The van der Waals surface area contributed by atoms with Crippen molar-refractivity contribution in [2.75, 3.05) is 6.61 Å². The van der Waals surface area contributed by atoms with Crippen LogP contribution in [-0.4, -0.2) is 40.8 Å². The average Bonchev–Trinajstić information content (AvgIpc) is 2.50. The lowest BCUT2D eigenvalue weighted by molar-refractivity contribution is -0.152. The number of aliphatic hydroxyl groups excluding tert-OH is 2. The van der Waals surface area contributed by atoms with Gasteiger partial charge < -0.3 is 14.9 Å². The van der Waals surface area contributed by atoms with E-state index in [2.05, 4.69) is 6.58 Å². The minimum absolute atomic E-state index is 0.113. The van der Waals surface area contributed by atoms with Gasteiger partial charge in [0.05, 0.1) is 19.1 Å². The Hall–Kier alpha value is -1.20. The summed E-state index contributed by atoms with van der Waals surface area (Å²) >= 11 is 0. The van der Waals surface area contributed by atoms with E-state index >= 15 is 0 Å². The van der Waals surface area contributed by atoms with Crippen molar-refractivity contribution in [2.45, 2.75) is 72.5 Å². The zero-order chi connectivity index (χ0) is 18.2. The molecule has 0 fully saturated rings. The number of carbonyl (C=O) groups excluding carboxylic acids is 2. The van der Waals surface area contributed by atoms with Crippen LogP contribution in [0.25, 0.3) is 0 Å². The number of Topliss-reactive ketones (excluding diaryl/α,β-unsaturated/α-hetero) is 1. The Balaban J connectivity index is 4.81. The Labute approximate surface area is 139 Å². The summed E-state index contributed by atoms with van der Waals surface area (Å²) in [4.78, 5) is 24.1. The van der Waals surface area contributed by atoms with E-state index in [4.69, 9.17) is 9.84 Å². The Bertz CT molecular complexity index is 418. The van der Waals surface area contributed by atoms with Gasteiger partial charge in [0, 0.05) is 17.8 Å². The minimum Gasteiger partial charge on any atom is -0.458 e. The predicted octanol–water partition coefficient (Wildman–Crippen LogP) is 2.64. The van der Waals surface area contributed by atoms with Crippen molar-refractivity contribution in [1.82, 2.24) is 0 Å². The normalized spacial score (nSPS) is 17.7. The van der Waals surface area contributed by atoms with Crippen LogP contribution in [0.5, 0.6) is 0 Å². The smallest absolute Gasteiger partial charge is 0.309 e. The lowest BCUT2D eigenvalue weighted by Gasteiger charge is -2.33. The Morgan fingerprint density at radius 2 is 1.87 bits per heavy atom. The molecule has 0 aromatic carbocycles. The second-order valence-electron chi connectivity index (χ2n) is 6.69. The molecule has 4 atom stereocenters. The predicted molar refractivity (Wildman–Crippen MR) is 89.9 cm³/mol. The molecular weight excluding hydrogens is 296 g/mol. The fourth-order valence-electron chi connectivity index (χ4n) is 2.30. The van der Waals surface area contributed by atoms with Gasteiger partial charge in [0.1, 0.15) is 11.9 Å². The maximum Gasteiger partial charge on any atom is 0.309 e. The van der Waals surface area contributed by atoms with Crippen molar-refractivity contribution >= 4 is 11.8 Å². The molecule has 5 nitrogen and oxygen atoms in total. The topological polar surface area (TPSA) is 83.8 Å². The Kier molecular flexibility index (Phi) is 9.32. The summed E-state index contributed by atoms with van der Waals surface area (Å²) in [6.45, 7) is 12.6. The zero-order valence-electron chi connectivity index (χ0n) is 15.1. The van der Waals surface area contributed by atoms with Gasteiger partial charge in [0.25, 0.3) is 0 Å². The largest absolute Gasteiger partial charge is 0.458 e. The lowest BCUT2D eigenvalue weighted by Crippen LogP contribution is -2.38. The third-order valence-corrected chi connectivity index (χ3v) is 4.57. The molecule has 2 unspecified atom stereocenters. The van der Waals surface area contributed by atoms with E-state index in [1.54, 1.807) is 20.8 Å². The highest BCUT2D eigenvalue weighted by Crippen LogP contribution is 2.33. The molecule has 23 heavy (non-hydrogen) atoms. The van der Waals surface area contributed by atoms with Crippen molar-refractivity contribution < 1.29 is 24.5 Å². The standard InChI is InChI=1S/C18H32O5/c1-7-15(12(3)4)23-17(22)9-16(21)18(6,8-2)10-14(20)13(5)11-19/h13,15-16,19,21H,3,7-11H2,1-2,4-6H3/t13-,15?,16+,18?/m1/s1. The first-order valence-corrected chi connectivity index (χ1v) is 8.27. The van der Waals surface area contributed by atoms with Crippen LogP contribution < -0.4 is 0 Å². The van der Waals surface area contributed by atoms with Crippen LogP contribution in [0, 0.1) is 11.3 Å². The van der Waals surface area contributed by atoms with E-state index in [0.717, 1.165) is 5.57 Å². The van der Waals surface area contributed by atoms with Gasteiger partial charge in [-0.2, -0.15) is 0 Å². The van der Waals surface area contributed by atoms with E-state index in [-0.39, 0.29) is 31.3 Å². The summed E-state index contributed by atoms with van der Waals surface area (Å²) in [5, 5.41) is 19.5. The van der Waals surface area contributed by atoms with Crippen molar-refractivity contribution in [2.24, 2.45) is 11.3 Å². The second-order valence-corrected chi connectivity index (χ2v) is 6.69. The highest BCUT2D eigenvalue weighted by Gasteiger charge is 2.36. The molecule has 0 bridgehead atoms. The molecule has 0 aromatic heterocycles. The van der Waals surface area contributed by atoms with Gasteiger partial charge in [-0.15, -0.1) is 0 Å². The molecule has 0 heterocycles. The summed E-state index contributed by atoms with van der Waals surface area (Å²) in [5.41, 5.74) is 0.0466. The van der Waals surface area contributed by atoms with Crippen LogP contribution in [0.2, 0.25) is 0 Å². The first-order valence-electron chi connectivity index (χ1n) is 8.27. The molecule has 5 heteroatoms. The van der Waals surface area contributed by atoms with Crippen molar-refractivity contribution in [1.29, 1.82) is 0 Å². The van der Waals surface area contributed by atoms with Crippen LogP contribution in [0.15, 0.2) is 12.2 Å². The van der Waals surface area contributed by atoms with E-state index in [9.17, 15) is 14.7 Å². The molecule has 0 spiro atoms. The van der Waals surface area contributed by atoms with Gasteiger partial charge in [-0.05, 0) is 25.3 Å². The molecule has 0 saturated heterocycles. The van der Waals surface area contributed by atoms with Crippen molar-refractivity contribution in [3.63, 3.8) is 0 Å². The lowest BCUT2D eigenvalue weighted by atomic mass is 9.74. The van der Waals surface area contributed by atoms with Gasteiger partial charge in [-0.3, -0.25) is 9.59 Å². The van der Waals surface area contributed by atoms with Crippen molar-refractivity contribution in [3.05, 3.63) is 12.2 Å². The average molecular weight is 328 g/mol. The fraction of sp³-hybridized carbons (Fsp3) is 0.778. The number of esters is 1. The SMILES string of the molecule is C=C(C)C(CC)OC(=O)C[C@H](O)C(C)(CC)CC(=O)[C@H](C)CO. The quantitative estimate of drug-likeness (QED) is 0.450. The van der Waals surface area contributed by atoms with Crippen LogP contribution in [-0.2, 0) is 14.3 Å². The summed E-state index contributed by atoms with van der Waals surface area (Å²) in [7, 11) is 0. The maximum atomic E-state index is 12.1. The number of ketones is 1. The first kappa shape index (κ1) is 21.8. The molecule has 134 valence electrons. The zero-order valence-corrected chi connectivity index (χ0v) is 15.1. The maximum absolute atomic E-state index is 12.1. The third-order valence-electron chi connectivity index (χ3n) is 4.57. The molecule has 0 radical (unpaired) electrons. The molecule has 0 aromatic rings. The van der Waals surface area contributed by atoms with E-state index in [1.165, 1.54) is 0 Å². The molecule has 0 amide bonds. The van der Waals surface area contributed by atoms with E-state index in [0.29, 0.717) is 12.8 Å². The van der Waals surface area contributed by atoms with E-state index < -0.39 is 23.4 Å². The number of rotatable bonds is 11. The van der Waals surface area contributed by atoms with Gasteiger partial charge in [-0.1, -0.05) is 34.3 Å². The Morgan fingerprint density at radius 3 is 2.26 bits per heavy atom. The van der Waals surface area contributed by atoms with Crippen molar-refractivity contribution in [3.8, 4) is 0 Å². The van der Waals surface area contributed by atoms with Crippen LogP contribution in [0.4, 0.5) is 0 Å². The summed E-state index contributed by atoms with van der Waals surface area (Å²) in [5.74, 6) is -1.07. The molecule has 2 N–H and O–H groups in total. The number of hydrogen-bond donors (Lipinski definition) is 2. The highest BCUT2D eigenvalue weighted by atomic mass is 16.5. The number of ether oxygens (including phenoxy) is 1. The van der Waals surface area contributed by atoms with Gasteiger partial charge in [0.2, 0.25) is 0 Å². The third kappa shape index (κ3) is 6.83.